The van der Waals surface area contributed by atoms with Gasteiger partial charge in [-0.15, -0.1) is 14.5 Å². The molecule has 28 heavy (non-hydrogen) atoms. The van der Waals surface area contributed by atoms with Gasteiger partial charge in [-0.05, 0) is 24.7 Å². The van der Waals surface area contributed by atoms with Crippen LogP contribution in [0.3, 0.4) is 0 Å². The Hall–Kier alpha value is -1.84. The molecule has 1 spiro atoms. The van der Waals surface area contributed by atoms with Crippen LogP contribution in [0.15, 0.2) is 4.42 Å². The molecule has 2 saturated heterocycles. The molecule has 3 atom stereocenters. The number of fused-ring (bicyclic) bond motifs is 3. The lowest BCUT2D eigenvalue weighted by Crippen LogP contribution is -2.43. The average Bonchev–Trinajstić information content (AvgIpc) is 3.12. The van der Waals surface area contributed by atoms with Crippen molar-refractivity contribution in [3.8, 4) is 0 Å². The molecule has 2 bridgehead atoms. The first-order chi connectivity index (χ1) is 13.2. The van der Waals surface area contributed by atoms with Gasteiger partial charge in [0, 0.05) is 26.2 Å². The van der Waals surface area contributed by atoms with Gasteiger partial charge in [0.05, 0.1) is 6.04 Å². The molecule has 3 aliphatic rings. The topological polar surface area (TPSA) is 184 Å². The number of hydroxylamine groups is 2. The maximum absolute atomic E-state index is 12.7. The van der Waals surface area contributed by atoms with Gasteiger partial charge in [0.2, 0.25) is 11.8 Å². The molecular weight excluding hydrogens is 396 g/mol. The highest BCUT2D eigenvalue weighted by atomic mass is 32.3. The Morgan fingerprint density at radius 3 is 2.82 bits per heavy atom. The van der Waals surface area contributed by atoms with Gasteiger partial charge in [0.25, 0.3) is 0 Å². The minimum absolute atomic E-state index is 0.0178. The van der Waals surface area contributed by atoms with Crippen LogP contribution in [-0.4, -0.2) is 76.5 Å². The summed E-state index contributed by atoms with van der Waals surface area (Å²) in [6.45, 7) is 1.36. The number of urea groups is 1. The smallest absolute Gasteiger partial charge is 0.418 e. The highest BCUT2D eigenvalue weighted by Gasteiger charge is 2.64. The number of aromatic nitrogens is 2. The van der Waals surface area contributed by atoms with E-state index in [1.165, 1.54) is 4.90 Å². The molecule has 0 radical (unpaired) electrons. The van der Waals surface area contributed by atoms with Crippen molar-refractivity contribution < 1.29 is 31.6 Å². The summed E-state index contributed by atoms with van der Waals surface area (Å²) >= 11 is 0. The lowest BCUT2D eigenvalue weighted by atomic mass is 9.85. The summed E-state index contributed by atoms with van der Waals surface area (Å²) < 4.78 is 41.4. The molecule has 2 amide bonds. The molecule has 4 rings (SSSR count). The number of piperidine rings is 1. The van der Waals surface area contributed by atoms with Gasteiger partial charge < -0.3 is 25.5 Å². The largest absolute Gasteiger partial charge is 0.420 e. The summed E-state index contributed by atoms with van der Waals surface area (Å²) in [5.74, 6) is 0.184. The highest BCUT2D eigenvalue weighted by Crippen LogP contribution is 2.61. The maximum atomic E-state index is 12.7. The van der Waals surface area contributed by atoms with Gasteiger partial charge in [-0.2, -0.15) is 13.5 Å². The van der Waals surface area contributed by atoms with Crippen molar-refractivity contribution in [2.45, 2.75) is 37.5 Å². The van der Waals surface area contributed by atoms with Gasteiger partial charge in [-0.25, -0.2) is 4.79 Å². The summed E-state index contributed by atoms with van der Waals surface area (Å²) in [4.78, 5) is 14.1. The first-order valence-electron chi connectivity index (χ1n) is 8.93. The van der Waals surface area contributed by atoms with Gasteiger partial charge >= 0.3 is 16.4 Å². The number of nitrogens with zero attached hydrogens (tertiary/aromatic N) is 4. The fourth-order valence-electron chi connectivity index (χ4n) is 3.98. The van der Waals surface area contributed by atoms with E-state index in [0.29, 0.717) is 19.5 Å². The van der Waals surface area contributed by atoms with E-state index in [4.69, 9.17) is 14.7 Å². The van der Waals surface area contributed by atoms with E-state index in [1.807, 2.05) is 0 Å². The summed E-state index contributed by atoms with van der Waals surface area (Å²) in [7, 11) is -4.82. The van der Waals surface area contributed by atoms with E-state index in [2.05, 4.69) is 19.8 Å². The fourth-order valence-corrected chi connectivity index (χ4v) is 4.35. The third-order valence-electron chi connectivity index (χ3n) is 5.52. The lowest BCUT2D eigenvalue weighted by Gasteiger charge is -2.34. The molecule has 156 valence electrons. The molecule has 1 unspecified atom stereocenters. The second-order valence-electron chi connectivity index (χ2n) is 7.35. The Bertz CT molecular complexity index is 856. The molecule has 1 aromatic heterocycles. The van der Waals surface area contributed by atoms with Gasteiger partial charge in [0.1, 0.15) is 12.1 Å². The van der Waals surface area contributed by atoms with Crippen LogP contribution in [-0.2, 0) is 14.7 Å². The van der Waals surface area contributed by atoms with Crippen molar-refractivity contribution in [2.24, 2.45) is 11.1 Å². The predicted octanol–water partition coefficient (Wildman–Crippen LogP) is -1.28. The third-order valence-corrected chi connectivity index (χ3v) is 5.87. The monoisotopic (exact) mass is 418 g/mol. The number of rotatable bonds is 8. The van der Waals surface area contributed by atoms with E-state index in [9.17, 15) is 18.3 Å². The molecule has 14 heteroatoms. The Morgan fingerprint density at radius 2 is 2.18 bits per heavy atom. The van der Waals surface area contributed by atoms with Crippen molar-refractivity contribution in [2.75, 3.05) is 26.2 Å². The molecule has 1 aliphatic carbocycles. The van der Waals surface area contributed by atoms with Crippen LogP contribution in [0.5, 0.6) is 0 Å². The van der Waals surface area contributed by atoms with Crippen molar-refractivity contribution in [3.63, 3.8) is 0 Å². The first-order valence-corrected chi connectivity index (χ1v) is 10.3. The molecule has 3 fully saturated rings. The zero-order valence-electron chi connectivity index (χ0n) is 14.9. The number of nitrogens with two attached hydrogens (primary N) is 1. The van der Waals surface area contributed by atoms with Crippen molar-refractivity contribution >= 4 is 16.4 Å². The van der Waals surface area contributed by atoms with Crippen LogP contribution in [0, 0.1) is 5.41 Å². The number of aliphatic hydroxyl groups excluding tert-OH is 1. The number of nitrogens with one attached hydrogen (secondary N) is 1. The molecule has 1 aromatic rings. The van der Waals surface area contributed by atoms with Crippen LogP contribution in [0.1, 0.15) is 43.2 Å². The number of carbonyl (C=O) groups excluding carboxylic acids is 1. The molecule has 2 aliphatic heterocycles. The normalized spacial score (nSPS) is 26.9. The van der Waals surface area contributed by atoms with Gasteiger partial charge in [-0.1, -0.05) is 0 Å². The first kappa shape index (κ1) is 19.5. The Balaban J connectivity index is 1.53. The predicted molar refractivity (Wildman–Crippen MR) is 90.6 cm³/mol. The maximum Gasteiger partial charge on any atom is 0.418 e. The van der Waals surface area contributed by atoms with Crippen LogP contribution in [0.2, 0.25) is 0 Å². The van der Waals surface area contributed by atoms with E-state index < -0.39 is 34.6 Å². The lowest BCUT2D eigenvalue weighted by molar-refractivity contribution is -0.0530. The fraction of sp³-hybridized carbons (Fsp3) is 0.786. The Kier molecular flexibility index (Phi) is 4.79. The number of hydrogen-bond acceptors (Lipinski definition) is 10. The Morgan fingerprint density at radius 1 is 1.43 bits per heavy atom. The molecule has 13 nitrogen and oxygen atoms in total. The highest BCUT2D eigenvalue weighted by molar-refractivity contribution is 7.80. The quantitative estimate of drug-likeness (QED) is 0.291. The van der Waals surface area contributed by atoms with Crippen molar-refractivity contribution in [1.82, 2.24) is 25.5 Å². The zero-order valence-corrected chi connectivity index (χ0v) is 15.7. The molecule has 0 aromatic carbocycles. The number of aliphatic hydroxyl groups is 1. The van der Waals surface area contributed by atoms with E-state index in [1.54, 1.807) is 0 Å². The van der Waals surface area contributed by atoms with E-state index in [-0.39, 0.29) is 30.3 Å². The number of carbonyl (C=O) groups is 1. The average molecular weight is 418 g/mol. The van der Waals surface area contributed by atoms with Crippen LogP contribution < -0.4 is 11.1 Å². The number of amides is 2. The standard InChI is InChI=1S/C14H22N6O7S/c15-3-4-16-6-9(21)12-18-17-11(26-12)8-5-14(1-2-14)10-7-19(8)13(22)20(10)27-28(23,24)25/h8-10,16,21H,1-7,15H2,(H,23,24,25)/t8-,9?,10-/m0/s1. The molecular formula is C14H22N6O7S. The van der Waals surface area contributed by atoms with Crippen molar-refractivity contribution in [3.05, 3.63) is 11.8 Å². The molecule has 1 saturated carbocycles. The van der Waals surface area contributed by atoms with Gasteiger partial charge in [0.15, 0.2) is 0 Å². The van der Waals surface area contributed by atoms with Gasteiger partial charge in [-0.3, -0.25) is 4.55 Å². The van der Waals surface area contributed by atoms with Crippen LogP contribution in [0.25, 0.3) is 0 Å². The van der Waals surface area contributed by atoms with Crippen LogP contribution in [0.4, 0.5) is 4.79 Å². The minimum Gasteiger partial charge on any atom is -0.420 e. The second kappa shape index (κ2) is 6.89. The van der Waals surface area contributed by atoms with Crippen LogP contribution >= 0.6 is 0 Å². The SMILES string of the molecule is NCCNCC(O)c1nnc([C@@H]2CC3(CC3)[C@@H]3CN2C(=O)N3OS(=O)(=O)O)o1. The van der Waals surface area contributed by atoms with E-state index in [0.717, 1.165) is 17.9 Å². The minimum atomic E-state index is -4.82. The summed E-state index contributed by atoms with van der Waals surface area (Å²) in [5.41, 5.74) is 5.06. The molecule has 5 N–H and O–H groups in total. The zero-order chi connectivity index (χ0) is 20.1. The summed E-state index contributed by atoms with van der Waals surface area (Å²) in [6, 6.07) is -1.74. The number of hydrogen-bond donors (Lipinski definition) is 4. The second-order valence-corrected chi connectivity index (χ2v) is 8.35. The van der Waals surface area contributed by atoms with Crippen molar-refractivity contribution in [1.29, 1.82) is 0 Å². The van der Waals surface area contributed by atoms with E-state index >= 15 is 0 Å². The Labute approximate surface area is 160 Å². The molecule has 3 heterocycles. The summed E-state index contributed by atoms with van der Waals surface area (Å²) in [5, 5.41) is 21.6. The summed E-state index contributed by atoms with van der Waals surface area (Å²) in [6.07, 6.45) is 1.05. The third kappa shape index (κ3) is 3.46.